The number of fused-ring (bicyclic) bond motifs is 1. The molecule has 0 spiro atoms. The van der Waals surface area contributed by atoms with Crippen LogP contribution in [0.25, 0.3) is 0 Å². The van der Waals surface area contributed by atoms with Crippen LogP contribution >= 0.6 is 11.8 Å². The van der Waals surface area contributed by atoms with E-state index in [1.807, 2.05) is 30.3 Å². The number of Topliss-reactive ketones (excluding diaryl/α,β-unsaturated/α-hetero) is 1. The first-order valence-corrected chi connectivity index (χ1v) is 10.5. The van der Waals surface area contributed by atoms with Crippen LogP contribution in [0.3, 0.4) is 0 Å². The topological polar surface area (TPSA) is 74.8 Å². The summed E-state index contributed by atoms with van der Waals surface area (Å²) in [6.07, 6.45) is 4.37. The maximum absolute atomic E-state index is 13.0. The second-order valence-electron chi connectivity index (χ2n) is 6.97. The molecule has 0 amide bonds. The minimum Gasteiger partial charge on any atom is -0.343 e. The average molecular weight is 382 g/mol. The monoisotopic (exact) mass is 381 g/mol. The molecule has 0 saturated heterocycles. The molecular formula is C21H23N3O2S. The van der Waals surface area contributed by atoms with Crippen LogP contribution in [0.5, 0.6) is 0 Å². The van der Waals surface area contributed by atoms with Crippen LogP contribution in [0.15, 0.2) is 51.6 Å². The van der Waals surface area contributed by atoms with E-state index in [0.717, 1.165) is 48.3 Å². The number of benzene rings is 1. The first kappa shape index (κ1) is 18.0. The minimum absolute atomic E-state index is 0.129. The van der Waals surface area contributed by atoms with Crippen molar-refractivity contribution in [1.29, 1.82) is 0 Å². The molecule has 1 aromatic heterocycles. The number of carbonyl (C=O) groups is 1. The summed E-state index contributed by atoms with van der Waals surface area (Å²) in [6, 6.07) is 9.80. The molecule has 0 bridgehead atoms. The zero-order valence-electron chi connectivity index (χ0n) is 15.4. The molecule has 1 aliphatic carbocycles. The van der Waals surface area contributed by atoms with Gasteiger partial charge in [0, 0.05) is 29.4 Å². The van der Waals surface area contributed by atoms with Gasteiger partial charge in [-0.25, -0.2) is 4.98 Å². The third-order valence-electron chi connectivity index (χ3n) is 5.11. The molecule has 2 aliphatic rings. The molecule has 1 atom stereocenters. The lowest BCUT2D eigenvalue weighted by Gasteiger charge is -2.32. The molecule has 27 heavy (non-hydrogen) atoms. The molecule has 0 radical (unpaired) electrons. The SMILES string of the molecule is CCCCSc1nc2c(c(=O)[nH]1)C(c1ccccc1)C1=C(CCCC1=O)N2. The second kappa shape index (κ2) is 7.72. The summed E-state index contributed by atoms with van der Waals surface area (Å²) in [4.78, 5) is 33.4. The lowest BCUT2D eigenvalue weighted by molar-refractivity contribution is -0.116. The van der Waals surface area contributed by atoms with Crippen molar-refractivity contribution in [2.24, 2.45) is 0 Å². The van der Waals surface area contributed by atoms with Gasteiger partial charge in [0.2, 0.25) is 0 Å². The van der Waals surface area contributed by atoms with E-state index in [9.17, 15) is 9.59 Å². The lowest BCUT2D eigenvalue weighted by Crippen LogP contribution is -2.32. The van der Waals surface area contributed by atoms with Gasteiger partial charge >= 0.3 is 0 Å². The van der Waals surface area contributed by atoms with Crippen LogP contribution in [0, 0.1) is 0 Å². The first-order valence-electron chi connectivity index (χ1n) is 9.54. The number of H-pyrrole nitrogens is 1. The highest BCUT2D eigenvalue weighted by molar-refractivity contribution is 7.99. The molecule has 0 fully saturated rings. The Bertz CT molecular complexity index is 950. The summed E-state index contributed by atoms with van der Waals surface area (Å²) >= 11 is 1.57. The van der Waals surface area contributed by atoms with Gasteiger partial charge in [-0.1, -0.05) is 55.4 Å². The second-order valence-corrected chi connectivity index (χ2v) is 8.06. The number of nitrogens with zero attached hydrogens (tertiary/aromatic N) is 1. The van der Waals surface area contributed by atoms with E-state index < -0.39 is 0 Å². The van der Waals surface area contributed by atoms with Crippen molar-refractivity contribution in [3.05, 3.63) is 63.1 Å². The number of aromatic nitrogens is 2. The highest BCUT2D eigenvalue weighted by Crippen LogP contribution is 2.43. The molecule has 1 aromatic carbocycles. The third kappa shape index (κ3) is 3.46. The number of allylic oxidation sites excluding steroid dienone is 2. The summed E-state index contributed by atoms with van der Waals surface area (Å²) in [5.74, 6) is 1.30. The summed E-state index contributed by atoms with van der Waals surface area (Å²) in [5.41, 5.74) is 3.01. The molecule has 2 N–H and O–H groups in total. The number of nitrogens with one attached hydrogen (secondary N) is 2. The van der Waals surface area contributed by atoms with Crippen molar-refractivity contribution in [1.82, 2.24) is 9.97 Å². The number of aromatic amines is 1. The Kier molecular flexibility index (Phi) is 5.16. The number of rotatable bonds is 5. The molecule has 140 valence electrons. The zero-order valence-corrected chi connectivity index (χ0v) is 16.2. The number of carbonyl (C=O) groups excluding carboxylic acids is 1. The average Bonchev–Trinajstić information content (AvgIpc) is 2.67. The van der Waals surface area contributed by atoms with E-state index in [1.54, 1.807) is 11.8 Å². The summed E-state index contributed by atoms with van der Waals surface area (Å²) < 4.78 is 0. The van der Waals surface area contributed by atoms with E-state index in [4.69, 9.17) is 0 Å². The Balaban J connectivity index is 1.83. The molecular weight excluding hydrogens is 358 g/mol. The molecule has 2 aromatic rings. The fourth-order valence-corrected chi connectivity index (χ4v) is 4.75. The van der Waals surface area contributed by atoms with Crippen LogP contribution in [-0.4, -0.2) is 21.5 Å². The minimum atomic E-state index is -0.351. The third-order valence-corrected chi connectivity index (χ3v) is 6.07. The highest BCUT2D eigenvalue weighted by atomic mass is 32.2. The molecule has 4 rings (SSSR count). The van der Waals surface area contributed by atoms with Gasteiger partial charge in [0.15, 0.2) is 10.9 Å². The summed E-state index contributed by atoms with van der Waals surface area (Å²) in [6.45, 7) is 2.14. The fraction of sp³-hybridized carbons (Fsp3) is 0.381. The number of anilines is 1. The van der Waals surface area contributed by atoms with Crippen molar-refractivity contribution < 1.29 is 4.79 Å². The van der Waals surface area contributed by atoms with E-state index in [-0.39, 0.29) is 17.3 Å². The van der Waals surface area contributed by atoms with Gasteiger partial charge < -0.3 is 10.3 Å². The standard InChI is InChI=1S/C21H23N3O2S/c1-2-3-12-27-21-23-19-18(20(26)24-21)16(13-8-5-4-6-9-13)17-14(22-19)10-7-11-15(17)25/h4-6,8-9,16H,2-3,7,10-12H2,1H3,(H2,22,23,24,26). The fourth-order valence-electron chi connectivity index (χ4n) is 3.80. The normalized spacial score (nSPS) is 18.7. The Morgan fingerprint density at radius 3 is 2.78 bits per heavy atom. The molecule has 6 heteroatoms. The van der Waals surface area contributed by atoms with Crippen LogP contribution in [-0.2, 0) is 4.79 Å². The van der Waals surface area contributed by atoms with E-state index in [2.05, 4.69) is 22.2 Å². The van der Waals surface area contributed by atoms with E-state index in [1.165, 1.54) is 0 Å². The number of hydrogen-bond donors (Lipinski definition) is 2. The molecule has 5 nitrogen and oxygen atoms in total. The van der Waals surface area contributed by atoms with Crippen LogP contribution in [0.4, 0.5) is 5.82 Å². The van der Waals surface area contributed by atoms with Gasteiger partial charge in [-0.2, -0.15) is 0 Å². The van der Waals surface area contributed by atoms with Gasteiger partial charge in [-0.3, -0.25) is 9.59 Å². The first-order chi connectivity index (χ1) is 13.2. The van der Waals surface area contributed by atoms with Gasteiger partial charge in [0.05, 0.1) is 5.56 Å². The van der Waals surface area contributed by atoms with Crippen LogP contribution < -0.4 is 10.9 Å². The number of hydrogen-bond acceptors (Lipinski definition) is 5. The van der Waals surface area contributed by atoms with Gasteiger partial charge in [-0.15, -0.1) is 0 Å². The zero-order chi connectivity index (χ0) is 18.8. The van der Waals surface area contributed by atoms with Gasteiger partial charge in [0.25, 0.3) is 5.56 Å². The van der Waals surface area contributed by atoms with Crippen molar-refractivity contribution in [2.45, 2.75) is 50.1 Å². The maximum Gasteiger partial charge on any atom is 0.257 e. The molecule has 1 aliphatic heterocycles. The molecule has 0 saturated carbocycles. The predicted molar refractivity (Wildman–Crippen MR) is 108 cm³/mol. The number of unbranched alkanes of at least 4 members (excludes halogenated alkanes) is 1. The Hall–Kier alpha value is -2.34. The van der Waals surface area contributed by atoms with E-state index >= 15 is 0 Å². The Morgan fingerprint density at radius 1 is 1.19 bits per heavy atom. The van der Waals surface area contributed by atoms with Crippen molar-refractivity contribution >= 4 is 23.4 Å². The quantitative estimate of drug-likeness (QED) is 0.461. The van der Waals surface area contributed by atoms with Crippen LogP contribution in [0.1, 0.15) is 56.1 Å². The summed E-state index contributed by atoms with van der Waals surface area (Å²) in [5, 5.41) is 3.95. The summed E-state index contributed by atoms with van der Waals surface area (Å²) in [7, 11) is 0. The van der Waals surface area contributed by atoms with E-state index in [0.29, 0.717) is 23.0 Å². The number of ketones is 1. The smallest absolute Gasteiger partial charge is 0.257 e. The largest absolute Gasteiger partial charge is 0.343 e. The predicted octanol–water partition coefficient (Wildman–Crippen LogP) is 4.23. The number of thioether (sulfide) groups is 1. The van der Waals surface area contributed by atoms with Gasteiger partial charge in [-0.05, 0) is 24.8 Å². The van der Waals surface area contributed by atoms with Crippen molar-refractivity contribution in [3.8, 4) is 0 Å². The van der Waals surface area contributed by atoms with Crippen molar-refractivity contribution in [2.75, 3.05) is 11.1 Å². The van der Waals surface area contributed by atoms with Gasteiger partial charge in [0.1, 0.15) is 5.82 Å². The molecule has 2 heterocycles. The van der Waals surface area contributed by atoms with Crippen molar-refractivity contribution in [3.63, 3.8) is 0 Å². The highest BCUT2D eigenvalue weighted by Gasteiger charge is 2.37. The lowest BCUT2D eigenvalue weighted by atomic mass is 9.76. The molecule has 1 unspecified atom stereocenters. The Labute approximate surface area is 162 Å². The van der Waals surface area contributed by atoms with Crippen LogP contribution in [0.2, 0.25) is 0 Å². The maximum atomic E-state index is 13.0. The Morgan fingerprint density at radius 2 is 2.00 bits per heavy atom.